The summed E-state index contributed by atoms with van der Waals surface area (Å²) in [4.78, 5) is 20.8. The van der Waals surface area contributed by atoms with Gasteiger partial charge in [-0.05, 0) is 38.5 Å². The van der Waals surface area contributed by atoms with Gasteiger partial charge in [-0.25, -0.2) is 0 Å². The van der Waals surface area contributed by atoms with E-state index in [1.807, 2.05) is 12.2 Å². The number of carbonyl (C=O) groups excluding carboxylic acids is 2. The van der Waals surface area contributed by atoms with E-state index in [0.29, 0.717) is 6.42 Å². The summed E-state index contributed by atoms with van der Waals surface area (Å²) in [5.74, 6) is -0.463. The van der Waals surface area contributed by atoms with E-state index >= 15 is 0 Å². The van der Waals surface area contributed by atoms with Crippen molar-refractivity contribution in [2.24, 2.45) is 0 Å². The first-order chi connectivity index (χ1) is 10.8. The number of ether oxygens (including phenoxy) is 1. The average molecular weight is 302 g/mol. The molecule has 0 unspecified atom stereocenters. The van der Waals surface area contributed by atoms with Crippen LogP contribution in [0, 0.1) is 0 Å². The molecule has 0 radical (unpaired) electrons. The second-order valence-corrected chi connectivity index (χ2v) is 4.60. The van der Waals surface area contributed by atoms with Crippen LogP contribution in [0.2, 0.25) is 0 Å². The molecule has 0 aliphatic heterocycles. The summed E-state index contributed by atoms with van der Waals surface area (Å²) < 4.78 is 4.19. The Hall–Kier alpha value is -2.16. The summed E-state index contributed by atoms with van der Waals surface area (Å²) >= 11 is 0. The summed E-state index contributed by atoms with van der Waals surface area (Å²) in [6, 6.07) is 0. The summed E-state index contributed by atoms with van der Waals surface area (Å²) in [6.45, 7) is 3.83. The second kappa shape index (κ2) is 16.9. The molecule has 0 spiro atoms. The van der Waals surface area contributed by atoms with E-state index in [9.17, 15) is 9.59 Å². The van der Waals surface area contributed by atoms with E-state index in [-0.39, 0.29) is 12.9 Å². The average Bonchev–Trinajstić information content (AvgIpc) is 2.51. The normalized spacial score (nSPS) is 11.8. The summed E-state index contributed by atoms with van der Waals surface area (Å²) in [6.07, 6.45) is 24.3. The van der Waals surface area contributed by atoms with E-state index in [4.69, 9.17) is 0 Å². The minimum Gasteiger partial charge on any atom is -0.395 e. The van der Waals surface area contributed by atoms with Crippen LogP contribution in [0.5, 0.6) is 0 Å². The lowest BCUT2D eigenvalue weighted by Crippen LogP contribution is -2.01. The number of hydrogen-bond donors (Lipinski definition) is 0. The van der Waals surface area contributed by atoms with Crippen molar-refractivity contribution in [3.05, 3.63) is 61.3 Å². The van der Waals surface area contributed by atoms with Gasteiger partial charge in [-0.15, -0.1) is 6.58 Å². The molecule has 3 nitrogen and oxygen atoms in total. The molecular formula is C19H26O3. The van der Waals surface area contributed by atoms with Gasteiger partial charge < -0.3 is 4.74 Å². The van der Waals surface area contributed by atoms with Crippen LogP contribution in [0.1, 0.15) is 44.9 Å². The van der Waals surface area contributed by atoms with Gasteiger partial charge in [0, 0.05) is 6.42 Å². The summed E-state index contributed by atoms with van der Waals surface area (Å²) in [5, 5.41) is 0. The molecule has 0 aliphatic carbocycles. The number of esters is 1. The van der Waals surface area contributed by atoms with Crippen LogP contribution in [0.3, 0.4) is 0 Å². The Bertz CT molecular complexity index is 414. The summed E-state index contributed by atoms with van der Waals surface area (Å²) in [5.41, 5.74) is 0. The van der Waals surface area contributed by atoms with Crippen molar-refractivity contribution < 1.29 is 14.3 Å². The maximum atomic E-state index is 10.9. The van der Waals surface area contributed by atoms with E-state index in [0.717, 1.165) is 32.1 Å². The second-order valence-electron chi connectivity index (χ2n) is 4.60. The van der Waals surface area contributed by atoms with Gasteiger partial charge >= 0.3 is 12.4 Å². The molecule has 0 N–H and O–H groups in total. The molecule has 0 saturated carbocycles. The highest BCUT2D eigenvalue weighted by Crippen LogP contribution is 2.00. The molecule has 0 amide bonds. The van der Waals surface area contributed by atoms with Crippen molar-refractivity contribution in [2.75, 3.05) is 0 Å². The molecule has 0 atom stereocenters. The highest BCUT2D eigenvalue weighted by atomic mass is 16.6. The third-order valence-corrected chi connectivity index (χ3v) is 2.72. The van der Waals surface area contributed by atoms with Gasteiger partial charge in [0.15, 0.2) is 0 Å². The van der Waals surface area contributed by atoms with Crippen LogP contribution in [0.4, 0.5) is 0 Å². The maximum absolute atomic E-state index is 10.9. The highest BCUT2D eigenvalue weighted by molar-refractivity contribution is 5.76. The van der Waals surface area contributed by atoms with Crippen molar-refractivity contribution >= 4 is 12.4 Å². The predicted octanol–water partition coefficient (Wildman–Crippen LogP) is 4.83. The lowest BCUT2D eigenvalue weighted by Gasteiger charge is -1.94. The molecule has 0 bridgehead atoms. The van der Waals surface area contributed by atoms with Gasteiger partial charge in [0.25, 0.3) is 0 Å². The Labute approximate surface area is 133 Å². The van der Waals surface area contributed by atoms with Crippen molar-refractivity contribution in [1.82, 2.24) is 0 Å². The third kappa shape index (κ3) is 15.9. The van der Waals surface area contributed by atoms with Gasteiger partial charge in [-0.2, -0.15) is 0 Å². The largest absolute Gasteiger partial charge is 0.395 e. The van der Waals surface area contributed by atoms with Crippen molar-refractivity contribution in [2.45, 2.75) is 44.9 Å². The quantitative estimate of drug-likeness (QED) is 0.161. The molecule has 0 rings (SSSR count). The lowest BCUT2D eigenvalue weighted by atomic mass is 10.2. The zero-order chi connectivity index (χ0) is 16.3. The molecule has 3 heteroatoms. The van der Waals surface area contributed by atoms with Gasteiger partial charge in [-0.1, -0.05) is 54.7 Å². The fourth-order valence-corrected chi connectivity index (χ4v) is 1.60. The van der Waals surface area contributed by atoms with Gasteiger partial charge in [-0.3, -0.25) is 9.59 Å². The number of allylic oxidation sites excluding steroid dienone is 9. The summed E-state index contributed by atoms with van der Waals surface area (Å²) in [7, 11) is 0. The first-order valence-corrected chi connectivity index (χ1v) is 7.65. The Morgan fingerprint density at radius 3 is 1.82 bits per heavy atom. The molecule has 0 aromatic rings. The van der Waals surface area contributed by atoms with Gasteiger partial charge in [0.05, 0.1) is 0 Å². The van der Waals surface area contributed by atoms with Crippen LogP contribution in [0.25, 0.3) is 0 Å². The number of hydrogen-bond acceptors (Lipinski definition) is 3. The van der Waals surface area contributed by atoms with E-state index < -0.39 is 5.97 Å². The molecular weight excluding hydrogens is 276 g/mol. The van der Waals surface area contributed by atoms with Crippen LogP contribution in [-0.2, 0) is 14.3 Å². The topological polar surface area (TPSA) is 43.4 Å². The van der Waals surface area contributed by atoms with Gasteiger partial charge in [0.2, 0.25) is 0 Å². The maximum Gasteiger partial charge on any atom is 0.313 e. The molecule has 0 heterocycles. The standard InChI is InChI=1S/C19H26O3/c1-2-3-4-5-6-7-8-9-10-11-12-13-14-15-16-17-19(21)22-18-20/h2,4-5,7-8,10-11,13-14,18H,1,3,6,9,12,15-17H2/b5-4+,8-7+,11-10+,14-13+. The highest BCUT2D eigenvalue weighted by Gasteiger charge is 1.99. The molecule has 120 valence electrons. The third-order valence-electron chi connectivity index (χ3n) is 2.72. The molecule has 0 aliphatic rings. The Balaban J connectivity index is 3.47. The first-order valence-electron chi connectivity index (χ1n) is 7.65. The fourth-order valence-electron chi connectivity index (χ4n) is 1.60. The van der Waals surface area contributed by atoms with Crippen LogP contribution in [-0.4, -0.2) is 12.4 Å². The van der Waals surface area contributed by atoms with E-state index in [1.165, 1.54) is 0 Å². The Morgan fingerprint density at radius 2 is 1.32 bits per heavy atom. The van der Waals surface area contributed by atoms with Crippen LogP contribution < -0.4 is 0 Å². The minimum absolute atomic E-state index is 0.176. The number of carbonyl (C=O) groups is 2. The molecule has 22 heavy (non-hydrogen) atoms. The lowest BCUT2D eigenvalue weighted by molar-refractivity contribution is -0.151. The zero-order valence-electron chi connectivity index (χ0n) is 13.2. The Kier molecular flexibility index (Phi) is 15.2. The molecule has 0 saturated heterocycles. The van der Waals surface area contributed by atoms with Crippen LogP contribution >= 0.6 is 0 Å². The smallest absolute Gasteiger partial charge is 0.313 e. The predicted molar refractivity (Wildman–Crippen MR) is 91.2 cm³/mol. The number of rotatable bonds is 13. The SMILES string of the molecule is C=CC/C=C/C/C=C/C/C=C/C/C=C/CCCC(=O)OC=O. The van der Waals surface area contributed by atoms with E-state index in [2.05, 4.69) is 53.8 Å². The minimum atomic E-state index is -0.463. The fraction of sp³-hybridized carbons (Fsp3) is 0.368. The molecule has 0 aromatic heterocycles. The number of unbranched alkanes of at least 4 members (excludes halogenated alkanes) is 1. The Morgan fingerprint density at radius 1 is 0.818 bits per heavy atom. The van der Waals surface area contributed by atoms with Crippen LogP contribution in [0.15, 0.2) is 61.3 Å². The molecule has 0 fully saturated rings. The van der Waals surface area contributed by atoms with Crippen molar-refractivity contribution in [1.29, 1.82) is 0 Å². The van der Waals surface area contributed by atoms with Gasteiger partial charge in [0.1, 0.15) is 0 Å². The molecule has 0 aromatic carbocycles. The zero-order valence-corrected chi connectivity index (χ0v) is 13.2. The van der Waals surface area contributed by atoms with E-state index in [1.54, 1.807) is 0 Å². The monoisotopic (exact) mass is 302 g/mol. The van der Waals surface area contributed by atoms with Crippen molar-refractivity contribution in [3.63, 3.8) is 0 Å². The first kappa shape index (κ1) is 19.8. The van der Waals surface area contributed by atoms with Crippen molar-refractivity contribution in [3.8, 4) is 0 Å².